The lowest BCUT2D eigenvalue weighted by atomic mass is 9.94. The first-order valence-corrected chi connectivity index (χ1v) is 6.55. The fourth-order valence-electron chi connectivity index (χ4n) is 2.93. The molecule has 2 aromatic carbocycles. The molecular formula is C17H18. The highest BCUT2D eigenvalue weighted by molar-refractivity contribution is 5.35. The predicted molar refractivity (Wildman–Crippen MR) is 72.3 cm³/mol. The average Bonchev–Trinajstić information content (AvgIpc) is 2.81. The number of benzene rings is 2. The Morgan fingerprint density at radius 1 is 0.882 bits per heavy atom. The highest BCUT2D eigenvalue weighted by Crippen LogP contribution is 2.35. The minimum atomic E-state index is 0.784. The maximum Gasteiger partial charge on any atom is -0.0153 e. The number of aryl methyl sites for hydroxylation is 2. The number of hydrogen-bond acceptors (Lipinski definition) is 0. The second kappa shape index (κ2) is 4.75. The van der Waals surface area contributed by atoms with Gasteiger partial charge in [0.1, 0.15) is 0 Å². The first kappa shape index (κ1) is 10.6. The molecule has 0 radical (unpaired) electrons. The molecule has 1 aliphatic carbocycles. The van der Waals surface area contributed by atoms with Crippen LogP contribution in [0.1, 0.15) is 35.4 Å². The van der Waals surface area contributed by atoms with Crippen LogP contribution in [0.5, 0.6) is 0 Å². The van der Waals surface area contributed by atoms with Crippen LogP contribution >= 0.6 is 0 Å². The fourth-order valence-corrected chi connectivity index (χ4v) is 2.93. The summed E-state index contributed by atoms with van der Waals surface area (Å²) in [6, 6.07) is 19.8. The molecular weight excluding hydrogens is 204 g/mol. The van der Waals surface area contributed by atoms with Crippen LogP contribution in [0.25, 0.3) is 0 Å². The molecule has 0 nitrogen and oxygen atoms in total. The molecule has 0 N–H and O–H groups in total. The van der Waals surface area contributed by atoms with Crippen molar-refractivity contribution in [2.75, 3.05) is 0 Å². The minimum absolute atomic E-state index is 0.784. The van der Waals surface area contributed by atoms with Gasteiger partial charge in [-0.05, 0) is 48.3 Å². The van der Waals surface area contributed by atoms with Crippen LogP contribution in [0, 0.1) is 0 Å². The molecule has 0 heteroatoms. The highest BCUT2D eigenvalue weighted by Gasteiger charge is 2.21. The monoisotopic (exact) mass is 222 g/mol. The van der Waals surface area contributed by atoms with Gasteiger partial charge < -0.3 is 0 Å². The fraction of sp³-hybridized carbons (Fsp3) is 0.294. The summed E-state index contributed by atoms with van der Waals surface area (Å²) < 4.78 is 0. The predicted octanol–water partition coefficient (Wildman–Crippen LogP) is 4.35. The molecule has 86 valence electrons. The van der Waals surface area contributed by atoms with Gasteiger partial charge in [0.25, 0.3) is 0 Å². The van der Waals surface area contributed by atoms with Crippen molar-refractivity contribution in [3.05, 3.63) is 71.3 Å². The third kappa shape index (κ3) is 2.26. The van der Waals surface area contributed by atoms with E-state index in [0.29, 0.717) is 0 Å². The van der Waals surface area contributed by atoms with E-state index in [1.807, 2.05) is 0 Å². The topological polar surface area (TPSA) is 0 Å². The second-order valence-corrected chi connectivity index (χ2v) is 4.96. The van der Waals surface area contributed by atoms with Gasteiger partial charge >= 0.3 is 0 Å². The van der Waals surface area contributed by atoms with Crippen molar-refractivity contribution in [1.82, 2.24) is 0 Å². The van der Waals surface area contributed by atoms with E-state index < -0.39 is 0 Å². The summed E-state index contributed by atoms with van der Waals surface area (Å²) in [4.78, 5) is 0. The van der Waals surface area contributed by atoms with Crippen LogP contribution < -0.4 is 0 Å². The first-order valence-electron chi connectivity index (χ1n) is 6.55. The molecule has 1 unspecified atom stereocenters. The Hall–Kier alpha value is -1.56. The number of fused-ring (bicyclic) bond motifs is 1. The van der Waals surface area contributed by atoms with Crippen LogP contribution in [-0.2, 0) is 12.8 Å². The van der Waals surface area contributed by atoms with Crippen molar-refractivity contribution < 1.29 is 0 Å². The molecule has 3 rings (SSSR count). The largest absolute Gasteiger partial charge is 0.0622 e. The molecule has 17 heavy (non-hydrogen) atoms. The standard InChI is InChI=1S/C17H18/c1-2-6-14(7-3-1)10-11-16-13-12-15-8-4-5-9-17(15)16/h1-9,16H,10-13H2. The molecule has 0 amide bonds. The summed E-state index contributed by atoms with van der Waals surface area (Å²) in [6.45, 7) is 0. The molecule has 0 saturated heterocycles. The summed E-state index contributed by atoms with van der Waals surface area (Å²) in [7, 11) is 0. The van der Waals surface area contributed by atoms with Gasteiger partial charge in [-0.15, -0.1) is 0 Å². The van der Waals surface area contributed by atoms with Crippen LogP contribution in [0.15, 0.2) is 54.6 Å². The van der Waals surface area contributed by atoms with Gasteiger partial charge in [-0.25, -0.2) is 0 Å². The molecule has 0 saturated carbocycles. The van der Waals surface area contributed by atoms with Gasteiger partial charge in [0.15, 0.2) is 0 Å². The second-order valence-electron chi connectivity index (χ2n) is 4.96. The molecule has 1 atom stereocenters. The quantitative estimate of drug-likeness (QED) is 0.724. The Morgan fingerprint density at radius 2 is 1.65 bits per heavy atom. The molecule has 0 spiro atoms. The molecule has 1 aliphatic rings. The smallest absolute Gasteiger partial charge is 0.0153 e. The zero-order valence-corrected chi connectivity index (χ0v) is 10.1. The van der Waals surface area contributed by atoms with Crippen LogP contribution in [0.4, 0.5) is 0 Å². The van der Waals surface area contributed by atoms with E-state index in [1.165, 1.54) is 31.2 Å². The molecule has 0 aliphatic heterocycles. The van der Waals surface area contributed by atoms with E-state index in [9.17, 15) is 0 Å². The molecule has 0 bridgehead atoms. The van der Waals surface area contributed by atoms with Gasteiger partial charge in [0.05, 0.1) is 0 Å². The van der Waals surface area contributed by atoms with E-state index in [1.54, 1.807) is 11.1 Å². The Bertz CT molecular complexity index is 484. The maximum atomic E-state index is 2.32. The zero-order valence-electron chi connectivity index (χ0n) is 10.1. The van der Waals surface area contributed by atoms with Crippen molar-refractivity contribution in [3.63, 3.8) is 0 Å². The Balaban J connectivity index is 1.68. The average molecular weight is 222 g/mol. The van der Waals surface area contributed by atoms with Crippen molar-refractivity contribution >= 4 is 0 Å². The first-order chi connectivity index (χ1) is 8.43. The summed E-state index contributed by atoms with van der Waals surface area (Å²) in [5.74, 6) is 0.784. The lowest BCUT2D eigenvalue weighted by Crippen LogP contribution is -1.96. The lowest BCUT2D eigenvalue weighted by molar-refractivity contribution is 0.619. The van der Waals surface area contributed by atoms with E-state index in [-0.39, 0.29) is 0 Å². The van der Waals surface area contributed by atoms with Crippen LogP contribution in [0.2, 0.25) is 0 Å². The lowest BCUT2D eigenvalue weighted by Gasteiger charge is -2.11. The van der Waals surface area contributed by atoms with E-state index in [0.717, 1.165) is 5.92 Å². The van der Waals surface area contributed by atoms with Crippen LogP contribution in [-0.4, -0.2) is 0 Å². The summed E-state index contributed by atoms with van der Waals surface area (Å²) in [6.07, 6.45) is 5.11. The third-order valence-electron chi connectivity index (χ3n) is 3.88. The van der Waals surface area contributed by atoms with Gasteiger partial charge in [-0.1, -0.05) is 54.6 Å². The Morgan fingerprint density at radius 3 is 2.53 bits per heavy atom. The van der Waals surface area contributed by atoms with E-state index in [4.69, 9.17) is 0 Å². The van der Waals surface area contributed by atoms with Gasteiger partial charge in [0.2, 0.25) is 0 Å². The Kier molecular flexibility index (Phi) is 2.96. The molecule has 0 fully saturated rings. The van der Waals surface area contributed by atoms with Gasteiger partial charge in [-0.2, -0.15) is 0 Å². The van der Waals surface area contributed by atoms with E-state index in [2.05, 4.69) is 54.6 Å². The van der Waals surface area contributed by atoms with Gasteiger partial charge in [-0.3, -0.25) is 0 Å². The number of hydrogen-bond donors (Lipinski definition) is 0. The molecule has 0 heterocycles. The summed E-state index contributed by atoms with van der Waals surface area (Å²) in [5.41, 5.74) is 4.64. The Labute approximate surface area is 103 Å². The van der Waals surface area contributed by atoms with Crippen molar-refractivity contribution in [2.24, 2.45) is 0 Å². The zero-order chi connectivity index (χ0) is 11.5. The molecule has 0 aromatic heterocycles. The van der Waals surface area contributed by atoms with Crippen molar-refractivity contribution in [1.29, 1.82) is 0 Å². The van der Waals surface area contributed by atoms with Crippen molar-refractivity contribution in [2.45, 2.75) is 31.6 Å². The summed E-state index contributed by atoms with van der Waals surface area (Å²) in [5, 5.41) is 0. The van der Waals surface area contributed by atoms with Crippen molar-refractivity contribution in [3.8, 4) is 0 Å². The van der Waals surface area contributed by atoms with Crippen LogP contribution in [0.3, 0.4) is 0 Å². The van der Waals surface area contributed by atoms with E-state index >= 15 is 0 Å². The normalized spacial score (nSPS) is 18.0. The SMILES string of the molecule is c1ccc(CCC2CCc3ccccc32)cc1. The van der Waals surface area contributed by atoms with Gasteiger partial charge in [0, 0.05) is 0 Å². The minimum Gasteiger partial charge on any atom is -0.0622 e. The molecule has 2 aromatic rings. The summed E-state index contributed by atoms with van der Waals surface area (Å²) >= 11 is 0. The number of rotatable bonds is 3. The third-order valence-corrected chi connectivity index (χ3v) is 3.88. The maximum absolute atomic E-state index is 2.32. The highest BCUT2D eigenvalue weighted by atomic mass is 14.3.